The summed E-state index contributed by atoms with van der Waals surface area (Å²) in [4.78, 5) is 13.7. The summed E-state index contributed by atoms with van der Waals surface area (Å²) in [7, 11) is 1.85. The molecule has 0 saturated carbocycles. The minimum atomic E-state index is 0.138. The third kappa shape index (κ3) is 4.58. The molecule has 0 fully saturated rings. The Bertz CT molecular complexity index is 429. The third-order valence-corrected chi connectivity index (χ3v) is 3.55. The first-order valence-electron chi connectivity index (χ1n) is 6.91. The molecule has 1 unspecified atom stereocenters. The van der Waals surface area contributed by atoms with E-state index in [2.05, 4.69) is 26.8 Å². The average molecular weight is 263 g/mol. The number of amides is 1. The van der Waals surface area contributed by atoms with Gasteiger partial charge in [0.25, 0.3) is 0 Å². The Labute approximate surface area is 116 Å². The molecule has 3 heteroatoms. The molecule has 0 heterocycles. The molecule has 1 atom stereocenters. The van der Waals surface area contributed by atoms with E-state index in [4.69, 9.17) is 4.74 Å². The molecule has 3 nitrogen and oxygen atoms in total. The Hall–Kier alpha value is -1.51. The molecule has 19 heavy (non-hydrogen) atoms. The highest BCUT2D eigenvalue weighted by atomic mass is 16.5. The molecule has 1 aromatic carbocycles. The van der Waals surface area contributed by atoms with Crippen LogP contribution < -0.4 is 4.74 Å². The number of benzene rings is 1. The van der Waals surface area contributed by atoms with Crippen LogP contribution in [0.2, 0.25) is 0 Å². The summed E-state index contributed by atoms with van der Waals surface area (Å²) < 4.78 is 5.68. The van der Waals surface area contributed by atoms with Gasteiger partial charge in [-0.05, 0) is 38.8 Å². The minimum Gasteiger partial charge on any atom is -0.493 e. The Morgan fingerprint density at radius 2 is 2.05 bits per heavy atom. The molecular formula is C16H25NO2. The van der Waals surface area contributed by atoms with Crippen molar-refractivity contribution < 1.29 is 9.53 Å². The number of hydrogen-bond acceptors (Lipinski definition) is 2. The van der Waals surface area contributed by atoms with Crippen molar-refractivity contribution in [2.24, 2.45) is 0 Å². The number of nitrogens with zero attached hydrogens (tertiary/aromatic N) is 1. The topological polar surface area (TPSA) is 29.5 Å². The number of aryl methyl sites for hydroxylation is 2. The van der Waals surface area contributed by atoms with Crippen LogP contribution in [0.4, 0.5) is 0 Å². The van der Waals surface area contributed by atoms with Crippen LogP contribution in [0, 0.1) is 13.8 Å². The molecule has 0 spiro atoms. The van der Waals surface area contributed by atoms with E-state index in [0.717, 1.165) is 17.7 Å². The molecule has 0 aliphatic carbocycles. The predicted octanol–water partition coefficient (Wildman–Crippen LogP) is 3.33. The van der Waals surface area contributed by atoms with Gasteiger partial charge in [-0.1, -0.05) is 24.6 Å². The van der Waals surface area contributed by atoms with E-state index < -0.39 is 0 Å². The van der Waals surface area contributed by atoms with Crippen molar-refractivity contribution in [3.8, 4) is 5.75 Å². The van der Waals surface area contributed by atoms with Crippen molar-refractivity contribution >= 4 is 5.91 Å². The van der Waals surface area contributed by atoms with Gasteiger partial charge >= 0.3 is 0 Å². The molecule has 0 aliphatic rings. The fraction of sp³-hybridized carbons (Fsp3) is 0.562. The van der Waals surface area contributed by atoms with Gasteiger partial charge in [0, 0.05) is 13.1 Å². The number of hydrogen-bond donors (Lipinski definition) is 0. The van der Waals surface area contributed by atoms with Gasteiger partial charge in [0.15, 0.2) is 0 Å². The zero-order chi connectivity index (χ0) is 14.4. The van der Waals surface area contributed by atoms with E-state index in [1.54, 1.807) is 4.90 Å². The van der Waals surface area contributed by atoms with Crippen LogP contribution in [0.5, 0.6) is 5.75 Å². The summed E-state index contributed by atoms with van der Waals surface area (Å²) in [5, 5.41) is 0. The van der Waals surface area contributed by atoms with Crippen LogP contribution in [0.1, 0.15) is 37.8 Å². The normalized spacial score (nSPS) is 12.1. The van der Waals surface area contributed by atoms with Crippen molar-refractivity contribution in [1.82, 2.24) is 4.90 Å². The molecule has 0 radical (unpaired) electrons. The van der Waals surface area contributed by atoms with Gasteiger partial charge < -0.3 is 9.64 Å². The Morgan fingerprint density at radius 3 is 2.63 bits per heavy atom. The molecule has 0 bridgehead atoms. The molecular weight excluding hydrogens is 238 g/mol. The van der Waals surface area contributed by atoms with Crippen LogP contribution in [-0.4, -0.2) is 30.5 Å². The highest BCUT2D eigenvalue weighted by molar-refractivity contribution is 5.76. The first-order valence-corrected chi connectivity index (χ1v) is 6.91. The van der Waals surface area contributed by atoms with Gasteiger partial charge in [0.05, 0.1) is 13.0 Å². The van der Waals surface area contributed by atoms with Crippen molar-refractivity contribution in [3.63, 3.8) is 0 Å². The second kappa shape index (κ2) is 7.17. The number of ether oxygens (including phenoxy) is 1. The average Bonchev–Trinajstić information content (AvgIpc) is 2.39. The standard InChI is InChI=1S/C16H25NO2/c1-6-14(4)17(5)16(18)9-10-19-15-8-7-12(2)11-13(15)3/h7-8,11,14H,6,9-10H2,1-5H3. The molecule has 0 N–H and O–H groups in total. The fourth-order valence-corrected chi connectivity index (χ4v) is 1.91. The molecule has 1 amide bonds. The van der Waals surface area contributed by atoms with E-state index in [1.165, 1.54) is 5.56 Å². The van der Waals surface area contributed by atoms with Crippen molar-refractivity contribution in [3.05, 3.63) is 29.3 Å². The first-order chi connectivity index (χ1) is 8.95. The van der Waals surface area contributed by atoms with Gasteiger partial charge in [0.1, 0.15) is 5.75 Å². The third-order valence-electron chi connectivity index (χ3n) is 3.55. The van der Waals surface area contributed by atoms with Crippen molar-refractivity contribution in [2.45, 2.75) is 46.6 Å². The Morgan fingerprint density at radius 1 is 1.37 bits per heavy atom. The molecule has 0 aliphatic heterocycles. The van der Waals surface area contributed by atoms with Crippen LogP contribution in [0.25, 0.3) is 0 Å². The zero-order valence-corrected chi connectivity index (χ0v) is 12.7. The summed E-state index contributed by atoms with van der Waals surface area (Å²) in [6.45, 7) is 8.66. The predicted molar refractivity (Wildman–Crippen MR) is 78.6 cm³/mol. The number of carbonyl (C=O) groups is 1. The SMILES string of the molecule is CCC(C)N(C)C(=O)CCOc1ccc(C)cc1C. The highest BCUT2D eigenvalue weighted by Gasteiger charge is 2.13. The van der Waals surface area contributed by atoms with Crippen molar-refractivity contribution in [2.75, 3.05) is 13.7 Å². The highest BCUT2D eigenvalue weighted by Crippen LogP contribution is 2.18. The van der Waals surface area contributed by atoms with E-state index >= 15 is 0 Å². The van der Waals surface area contributed by atoms with Gasteiger partial charge in [-0.15, -0.1) is 0 Å². The monoisotopic (exact) mass is 263 g/mol. The maximum Gasteiger partial charge on any atom is 0.225 e. The zero-order valence-electron chi connectivity index (χ0n) is 12.7. The smallest absolute Gasteiger partial charge is 0.225 e. The van der Waals surface area contributed by atoms with Gasteiger partial charge in [-0.2, -0.15) is 0 Å². The molecule has 1 aromatic rings. The minimum absolute atomic E-state index is 0.138. The van der Waals surface area contributed by atoms with E-state index in [-0.39, 0.29) is 11.9 Å². The summed E-state index contributed by atoms with van der Waals surface area (Å²) in [6.07, 6.45) is 1.40. The first kappa shape index (κ1) is 15.5. The largest absolute Gasteiger partial charge is 0.493 e. The van der Waals surface area contributed by atoms with E-state index in [9.17, 15) is 4.79 Å². The van der Waals surface area contributed by atoms with Gasteiger partial charge in [-0.3, -0.25) is 4.79 Å². The maximum atomic E-state index is 11.9. The quantitative estimate of drug-likeness (QED) is 0.788. The lowest BCUT2D eigenvalue weighted by molar-refractivity contribution is -0.132. The van der Waals surface area contributed by atoms with E-state index in [0.29, 0.717) is 13.0 Å². The van der Waals surface area contributed by atoms with Crippen LogP contribution >= 0.6 is 0 Å². The summed E-state index contributed by atoms with van der Waals surface area (Å²) in [5.41, 5.74) is 2.33. The lowest BCUT2D eigenvalue weighted by Gasteiger charge is -2.23. The van der Waals surface area contributed by atoms with Crippen LogP contribution in [-0.2, 0) is 4.79 Å². The Kier molecular flexibility index (Phi) is 5.87. The van der Waals surface area contributed by atoms with Crippen LogP contribution in [0.15, 0.2) is 18.2 Å². The second-order valence-electron chi connectivity index (χ2n) is 5.13. The van der Waals surface area contributed by atoms with Gasteiger partial charge in [0.2, 0.25) is 5.91 Å². The molecule has 106 valence electrons. The second-order valence-corrected chi connectivity index (χ2v) is 5.13. The maximum absolute atomic E-state index is 11.9. The summed E-state index contributed by atoms with van der Waals surface area (Å²) in [5.74, 6) is 1.00. The number of rotatable bonds is 6. The Balaban J connectivity index is 2.44. The summed E-state index contributed by atoms with van der Waals surface area (Å²) >= 11 is 0. The fourth-order valence-electron chi connectivity index (χ4n) is 1.91. The lowest BCUT2D eigenvalue weighted by Crippen LogP contribution is -2.35. The lowest BCUT2D eigenvalue weighted by atomic mass is 10.1. The molecule has 0 aromatic heterocycles. The summed E-state index contributed by atoms with van der Waals surface area (Å²) in [6, 6.07) is 6.36. The number of carbonyl (C=O) groups excluding carboxylic acids is 1. The molecule has 0 saturated heterocycles. The van der Waals surface area contributed by atoms with Crippen LogP contribution in [0.3, 0.4) is 0 Å². The van der Waals surface area contributed by atoms with E-state index in [1.807, 2.05) is 26.1 Å². The van der Waals surface area contributed by atoms with Gasteiger partial charge in [-0.25, -0.2) is 0 Å². The van der Waals surface area contributed by atoms with Crippen molar-refractivity contribution in [1.29, 1.82) is 0 Å². The molecule has 1 rings (SSSR count).